The minimum absolute atomic E-state index is 0. The van der Waals surface area contributed by atoms with Crippen molar-refractivity contribution in [3.63, 3.8) is 0 Å². The molecule has 2 aromatic rings. The van der Waals surface area contributed by atoms with E-state index >= 15 is 0 Å². The molecule has 0 spiro atoms. The number of benzene rings is 1. The standard InChI is InChI=1S/C21H30N6O3S.Na/c1-25(2)10-11-27(17-13-22-26(3)14-17)31(29,30)24-21(28)23-20-18-8-4-6-15(18)12-16-7-5-9-19(16)20;/h12-14H,4-11H2,1-3H3,(H2,23,24,28);. The number of carbonyl (C=O) groups excluding carboxylic acids is 1. The van der Waals surface area contributed by atoms with Gasteiger partial charge in [-0.05, 0) is 74.9 Å². The number of fused-ring (bicyclic) bond motifs is 2. The molecule has 0 saturated carbocycles. The molecule has 4 rings (SSSR count). The van der Waals surface area contributed by atoms with Crippen LogP contribution < -0.4 is 14.3 Å². The molecule has 0 unspecified atom stereocenters. The fraction of sp³-hybridized carbons (Fsp3) is 0.524. The van der Waals surface area contributed by atoms with Crippen molar-refractivity contribution in [3.05, 3.63) is 40.7 Å². The van der Waals surface area contributed by atoms with Gasteiger partial charge in [0.2, 0.25) is 0 Å². The summed E-state index contributed by atoms with van der Waals surface area (Å²) in [5, 5.41) is 6.96. The molecule has 9 nitrogen and oxygen atoms in total. The second-order valence-electron chi connectivity index (χ2n) is 8.54. The van der Waals surface area contributed by atoms with Crippen molar-refractivity contribution in [1.29, 1.82) is 0 Å². The van der Waals surface area contributed by atoms with Gasteiger partial charge in [0.1, 0.15) is 0 Å². The van der Waals surface area contributed by atoms with Gasteiger partial charge in [0, 0.05) is 61.6 Å². The van der Waals surface area contributed by atoms with E-state index in [1.54, 1.807) is 13.2 Å². The molecular formula is C21H30N6NaO3S. The zero-order valence-corrected chi connectivity index (χ0v) is 22.1. The quantitative estimate of drug-likeness (QED) is 0.598. The maximum Gasteiger partial charge on any atom is 0.334 e. The number of hydrogen-bond donors (Lipinski definition) is 2. The minimum atomic E-state index is -4.11. The number of likely N-dealkylation sites (N-methyl/N-ethyl adjacent to an activating group) is 1. The van der Waals surface area contributed by atoms with Gasteiger partial charge < -0.3 is 10.2 Å². The Labute approximate surface area is 212 Å². The third kappa shape index (κ3) is 5.31. The number of nitrogens with zero attached hydrogens (tertiary/aromatic N) is 4. The van der Waals surface area contributed by atoms with E-state index in [4.69, 9.17) is 0 Å². The topological polar surface area (TPSA) is 99.6 Å². The third-order valence-corrected chi connectivity index (χ3v) is 7.37. The first-order valence-corrected chi connectivity index (χ1v) is 12.1. The monoisotopic (exact) mass is 469 g/mol. The van der Waals surface area contributed by atoms with Crippen LogP contribution in [0.2, 0.25) is 0 Å². The second kappa shape index (κ2) is 10.1. The fourth-order valence-electron chi connectivity index (χ4n) is 4.49. The van der Waals surface area contributed by atoms with Crippen molar-refractivity contribution in [2.45, 2.75) is 38.5 Å². The van der Waals surface area contributed by atoms with E-state index in [0.717, 1.165) is 55.3 Å². The number of hydrogen-bond acceptors (Lipinski definition) is 5. The maximum atomic E-state index is 13.1. The SMILES string of the molecule is CN(C)CCN(c1cnn(C)c1)S(=O)(=O)NC(=O)Nc1c2c(cc3c1CCC3)CCC2.[Na]. The second-order valence-corrected chi connectivity index (χ2v) is 10.1. The third-order valence-electron chi connectivity index (χ3n) is 5.95. The first kappa shape index (κ1) is 25.0. The van der Waals surface area contributed by atoms with Crippen LogP contribution in [0.15, 0.2) is 18.5 Å². The summed E-state index contributed by atoms with van der Waals surface area (Å²) in [6.07, 6.45) is 9.06. The largest absolute Gasteiger partial charge is 0.334 e. The van der Waals surface area contributed by atoms with Crippen LogP contribution in [0.25, 0.3) is 0 Å². The maximum absolute atomic E-state index is 13.1. The first-order valence-electron chi connectivity index (χ1n) is 10.7. The van der Waals surface area contributed by atoms with Gasteiger partial charge in [-0.25, -0.2) is 13.8 Å². The van der Waals surface area contributed by atoms with Crippen LogP contribution in [0.3, 0.4) is 0 Å². The molecule has 2 aliphatic carbocycles. The molecule has 0 atom stereocenters. The summed E-state index contributed by atoms with van der Waals surface area (Å²) < 4.78 is 31.2. The zero-order valence-electron chi connectivity index (χ0n) is 19.3. The van der Waals surface area contributed by atoms with Gasteiger partial charge in [-0.2, -0.15) is 13.5 Å². The summed E-state index contributed by atoms with van der Waals surface area (Å²) >= 11 is 0. The summed E-state index contributed by atoms with van der Waals surface area (Å²) in [4.78, 5) is 14.7. The molecule has 0 fully saturated rings. The van der Waals surface area contributed by atoms with E-state index in [0.29, 0.717) is 12.2 Å². The number of amides is 2. The molecular weight excluding hydrogens is 439 g/mol. The zero-order chi connectivity index (χ0) is 22.2. The molecule has 169 valence electrons. The number of carbonyl (C=O) groups is 1. The van der Waals surface area contributed by atoms with Crippen LogP contribution in [0.1, 0.15) is 35.1 Å². The Morgan fingerprint density at radius 3 is 2.25 bits per heavy atom. The molecule has 0 aliphatic heterocycles. The number of anilines is 2. The molecule has 2 amide bonds. The summed E-state index contributed by atoms with van der Waals surface area (Å²) in [7, 11) is 1.34. The predicted molar refractivity (Wildman–Crippen MR) is 126 cm³/mol. The van der Waals surface area contributed by atoms with Crippen LogP contribution in [0.5, 0.6) is 0 Å². The Morgan fingerprint density at radius 2 is 1.72 bits per heavy atom. The minimum Gasteiger partial charge on any atom is -0.308 e. The summed E-state index contributed by atoms with van der Waals surface area (Å²) in [6, 6.07) is 1.55. The molecule has 1 heterocycles. The van der Waals surface area contributed by atoms with Gasteiger partial charge in [-0.3, -0.25) is 4.68 Å². The van der Waals surface area contributed by atoms with Crippen molar-refractivity contribution < 1.29 is 13.2 Å². The van der Waals surface area contributed by atoms with Crippen molar-refractivity contribution in [1.82, 2.24) is 19.4 Å². The molecule has 1 aromatic heterocycles. The molecule has 32 heavy (non-hydrogen) atoms. The van der Waals surface area contributed by atoms with E-state index in [1.165, 1.54) is 26.3 Å². The summed E-state index contributed by atoms with van der Waals surface area (Å²) in [6.45, 7) is 0.689. The molecule has 1 aromatic carbocycles. The van der Waals surface area contributed by atoms with Gasteiger partial charge in [0.15, 0.2) is 0 Å². The van der Waals surface area contributed by atoms with Crippen LogP contribution in [-0.2, 0) is 42.9 Å². The smallest absolute Gasteiger partial charge is 0.308 e. The average molecular weight is 470 g/mol. The van der Waals surface area contributed by atoms with Crippen LogP contribution in [0, 0.1) is 0 Å². The van der Waals surface area contributed by atoms with Gasteiger partial charge in [0.05, 0.1) is 11.9 Å². The van der Waals surface area contributed by atoms with Gasteiger partial charge in [-0.1, -0.05) is 6.07 Å². The van der Waals surface area contributed by atoms with E-state index in [2.05, 4.69) is 21.2 Å². The Kier molecular flexibility index (Phi) is 7.93. The Morgan fingerprint density at radius 1 is 1.09 bits per heavy atom. The number of urea groups is 1. The number of aryl methyl sites for hydroxylation is 3. The van der Waals surface area contributed by atoms with Crippen molar-refractivity contribution in [2.24, 2.45) is 7.05 Å². The normalized spacial score (nSPS) is 14.6. The van der Waals surface area contributed by atoms with E-state index in [9.17, 15) is 13.2 Å². The fourth-order valence-corrected chi connectivity index (χ4v) is 5.58. The summed E-state index contributed by atoms with van der Waals surface area (Å²) in [5.41, 5.74) is 6.10. The Bertz CT molecular complexity index is 1070. The predicted octanol–water partition coefficient (Wildman–Crippen LogP) is 1.45. The van der Waals surface area contributed by atoms with Crippen molar-refractivity contribution in [3.8, 4) is 0 Å². The first-order chi connectivity index (χ1) is 14.7. The van der Waals surface area contributed by atoms with Crippen molar-refractivity contribution in [2.75, 3.05) is 36.8 Å². The Hall–Kier alpha value is -1.59. The van der Waals surface area contributed by atoms with E-state index in [1.807, 2.05) is 19.0 Å². The molecule has 0 saturated heterocycles. The molecule has 2 aliphatic rings. The molecule has 2 N–H and O–H groups in total. The number of nitrogens with one attached hydrogen (secondary N) is 2. The Balaban J connectivity index is 0.00000289. The van der Waals surface area contributed by atoms with Gasteiger partial charge >= 0.3 is 16.2 Å². The summed E-state index contributed by atoms with van der Waals surface area (Å²) in [5.74, 6) is 0. The molecule has 0 bridgehead atoms. The van der Waals surface area contributed by atoms with Gasteiger partial charge in [-0.15, -0.1) is 0 Å². The van der Waals surface area contributed by atoms with Crippen molar-refractivity contribution >= 4 is 57.2 Å². The molecule has 11 heteroatoms. The molecule has 1 radical (unpaired) electrons. The van der Waals surface area contributed by atoms with E-state index < -0.39 is 16.2 Å². The van der Waals surface area contributed by atoms with Crippen LogP contribution >= 0.6 is 0 Å². The van der Waals surface area contributed by atoms with E-state index in [-0.39, 0.29) is 36.1 Å². The van der Waals surface area contributed by atoms with Gasteiger partial charge in [0.25, 0.3) is 0 Å². The number of rotatable bonds is 7. The number of aromatic nitrogens is 2. The van der Waals surface area contributed by atoms with Crippen LogP contribution in [0.4, 0.5) is 16.2 Å². The average Bonchev–Trinajstić information content (AvgIpc) is 3.41. The van der Waals surface area contributed by atoms with Crippen LogP contribution in [-0.4, -0.2) is 85.9 Å².